The Morgan fingerprint density at radius 3 is 2.86 bits per heavy atom. The Morgan fingerprint density at radius 2 is 2.14 bits per heavy atom. The van der Waals surface area contributed by atoms with Crippen molar-refractivity contribution in [3.05, 3.63) is 36.0 Å². The molecule has 1 heterocycles. The summed E-state index contributed by atoms with van der Waals surface area (Å²) in [5.74, 6) is 0. The number of pyridine rings is 1. The van der Waals surface area contributed by atoms with Gasteiger partial charge in [0.2, 0.25) is 0 Å². The van der Waals surface area contributed by atoms with E-state index in [0.29, 0.717) is 5.69 Å². The molecule has 0 aliphatic rings. The van der Waals surface area contributed by atoms with E-state index in [4.69, 9.17) is 5.26 Å². The molecule has 68 valence electrons. The van der Waals surface area contributed by atoms with Crippen molar-refractivity contribution >= 4 is 16.6 Å². The standard InChI is InChI=1S/C11H9N3/c1-13-9-4-5-11-8(6-9)2-3-10(7-12)14-11/h2-6,13H,1H3. The first-order valence-corrected chi connectivity index (χ1v) is 4.32. The first kappa shape index (κ1) is 8.52. The lowest BCUT2D eigenvalue weighted by Crippen LogP contribution is -1.89. The Morgan fingerprint density at radius 1 is 1.29 bits per heavy atom. The van der Waals surface area contributed by atoms with Crippen molar-refractivity contribution in [1.29, 1.82) is 5.26 Å². The van der Waals surface area contributed by atoms with Gasteiger partial charge in [0.05, 0.1) is 5.52 Å². The van der Waals surface area contributed by atoms with Crippen molar-refractivity contribution in [1.82, 2.24) is 4.98 Å². The van der Waals surface area contributed by atoms with Crippen molar-refractivity contribution in [2.75, 3.05) is 12.4 Å². The van der Waals surface area contributed by atoms with Crippen molar-refractivity contribution in [2.45, 2.75) is 0 Å². The number of benzene rings is 1. The third kappa shape index (κ3) is 1.38. The molecule has 0 saturated heterocycles. The van der Waals surface area contributed by atoms with Gasteiger partial charge in [-0.2, -0.15) is 5.26 Å². The van der Waals surface area contributed by atoms with E-state index in [1.54, 1.807) is 6.07 Å². The van der Waals surface area contributed by atoms with Gasteiger partial charge in [0.25, 0.3) is 0 Å². The lowest BCUT2D eigenvalue weighted by molar-refractivity contribution is 1.32. The van der Waals surface area contributed by atoms with Crippen LogP contribution in [0.4, 0.5) is 5.69 Å². The highest BCUT2D eigenvalue weighted by atomic mass is 14.8. The fraction of sp³-hybridized carbons (Fsp3) is 0.0909. The van der Waals surface area contributed by atoms with Crippen LogP contribution in [-0.4, -0.2) is 12.0 Å². The number of nitrogens with one attached hydrogen (secondary N) is 1. The van der Waals surface area contributed by atoms with Crippen LogP contribution in [0, 0.1) is 11.3 Å². The maximum absolute atomic E-state index is 8.67. The Balaban J connectivity index is 2.64. The van der Waals surface area contributed by atoms with Crippen molar-refractivity contribution in [2.24, 2.45) is 0 Å². The summed E-state index contributed by atoms with van der Waals surface area (Å²) in [5, 5.41) is 12.8. The molecule has 0 amide bonds. The molecule has 2 aromatic rings. The molecular weight excluding hydrogens is 174 g/mol. The van der Waals surface area contributed by atoms with Gasteiger partial charge in [0.1, 0.15) is 11.8 Å². The Kier molecular flexibility index (Phi) is 2.04. The molecule has 1 aromatic heterocycles. The predicted molar refractivity (Wildman–Crippen MR) is 56.0 cm³/mol. The minimum atomic E-state index is 0.453. The monoisotopic (exact) mass is 183 g/mol. The maximum Gasteiger partial charge on any atom is 0.141 e. The van der Waals surface area contributed by atoms with Crippen molar-refractivity contribution in [3.63, 3.8) is 0 Å². The molecule has 2 rings (SSSR count). The van der Waals surface area contributed by atoms with Crippen molar-refractivity contribution in [3.8, 4) is 6.07 Å². The fourth-order valence-electron chi connectivity index (χ4n) is 1.34. The average Bonchev–Trinajstić information content (AvgIpc) is 2.27. The van der Waals surface area contributed by atoms with E-state index in [2.05, 4.69) is 10.3 Å². The van der Waals surface area contributed by atoms with Crippen molar-refractivity contribution < 1.29 is 0 Å². The minimum Gasteiger partial charge on any atom is -0.388 e. The summed E-state index contributed by atoms with van der Waals surface area (Å²) in [6.45, 7) is 0. The Hall–Kier alpha value is -2.08. The largest absolute Gasteiger partial charge is 0.388 e. The van der Waals surface area contributed by atoms with E-state index < -0.39 is 0 Å². The highest BCUT2D eigenvalue weighted by Gasteiger charge is 1.97. The molecule has 0 atom stereocenters. The second kappa shape index (κ2) is 3.35. The molecule has 0 aliphatic heterocycles. The summed E-state index contributed by atoms with van der Waals surface area (Å²) in [6.07, 6.45) is 0. The number of nitriles is 1. The molecular formula is C11H9N3. The average molecular weight is 183 g/mol. The van der Waals surface area contributed by atoms with Gasteiger partial charge in [-0.3, -0.25) is 0 Å². The molecule has 3 heteroatoms. The Labute approximate surface area is 82.0 Å². The lowest BCUT2D eigenvalue weighted by atomic mass is 10.2. The van der Waals surface area contributed by atoms with Crippen LogP contribution in [0.25, 0.3) is 10.9 Å². The molecule has 0 saturated carbocycles. The summed E-state index contributed by atoms with van der Waals surface area (Å²) >= 11 is 0. The van der Waals surface area contributed by atoms with Crippen LogP contribution in [-0.2, 0) is 0 Å². The molecule has 1 aromatic carbocycles. The van der Waals surface area contributed by atoms with Crippen LogP contribution in [0.5, 0.6) is 0 Å². The van der Waals surface area contributed by atoms with E-state index in [-0.39, 0.29) is 0 Å². The van der Waals surface area contributed by atoms with Crippen LogP contribution < -0.4 is 5.32 Å². The highest BCUT2D eigenvalue weighted by Crippen LogP contribution is 2.17. The van der Waals surface area contributed by atoms with Crippen LogP contribution in [0.2, 0.25) is 0 Å². The number of anilines is 1. The molecule has 0 fully saturated rings. The predicted octanol–water partition coefficient (Wildman–Crippen LogP) is 2.15. The van der Waals surface area contributed by atoms with Crippen LogP contribution >= 0.6 is 0 Å². The fourth-order valence-corrected chi connectivity index (χ4v) is 1.34. The molecule has 3 nitrogen and oxygen atoms in total. The quantitative estimate of drug-likeness (QED) is 0.736. The van der Waals surface area contributed by atoms with E-state index in [0.717, 1.165) is 16.6 Å². The van der Waals surface area contributed by atoms with Gasteiger partial charge in [-0.15, -0.1) is 0 Å². The topological polar surface area (TPSA) is 48.7 Å². The highest BCUT2D eigenvalue weighted by molar-refractivity contribution is 5.82. The SMILES string of the molecule is CNc1ccc2nc(C#N)ccc2c1. The summed E-state index contributed by atoms with van der Waals surface area (Å²) < 4.78 is 0. The van der Waals surface area contributed by atoms with Gasteiger partial charge in [-0.05, 0) is 30.3 Å². The van der Waals surface area contributed by atoms with Crippen LogP contribution in [0.1, 0.15) is 5.69 Å². The van der Waals surface area contributed by atoms with Gasteiger partial charge in [0.15, 0.2) is 0 Å². The van der Waals surface area contributed by atoms with E-state index >= 15 is 0 Å². The Bertz CT molecular complexity index is 511. The molecule has 0 unspecified atom stereocenters. The zero-order valence-corrected chi connectivity index (χ0v) is 7.78. The zero-order valence-electron chi connectivity index (χ0n) is 7.78. The smallest absolute Gasteiger partial charge is 0.141 e. The van der Waals surface area contributed by atoms with Gasteiger partial charge in [-0.1, -0.05) is 0 Å². The number of fused-ring (bicyclic) bond motifs is 1. The summed E-state index contributed by atoms with van der Waals surface area (Å²) in [7, 11) is 1.87. The number of hydrogen-bond donors (Lipinski definition) is 1. The van der Waals surface area contributed by atoms with Gasteiger partial charge in [0, 0.05) is 18.1 Å². The number of nitrogens with zero attached hydrogens (tertiary/aromatic N) is 2. The lowest BCUT2D eigenvalue weighted by Gasteiger charge is -2.01. The van der Waals surface area contributed by atoms with E-state index in [9.17, 15) is 0 Å². The third-order valence-electron chi connectivity index (χ3n) is 2.09. The molecule has 14 heavy (non-hydrogen) atoms. The number of aromatic nitrogens is 1. The zero-order chi connectivity index (χ0) is 9.97. The summed E-state index contributed by atoms with van der Waals surface area (Å²) in [6, 6.07) is 11.5. The van der Waals surface area contributed by atoms with Gasteiger partial charge < -0.3 is 5.32 Å². The van der Waals surface area contributed by atoms with Crippen LogP contribution in [0.3, 0.4) is 0 Å². The normalized spacial score (nSPS) is 9.71. The van der Waals surface area contributed by atoms with Gasteiger partial charge in [-0.25, -0.2) is 4.98 Å². The summed E-state index contributed by atoms with van der Waals surface area (Å²) in [5.41, 5.74) is 2.35. The first-order chi connectivity index (χ1) is 6.83. The second-order valence-electron chi connectivity index (χ2n) is 2.97. The molecule has 0 radical (unpaired) electrons. The molecule has 0 aliphatic carbocycles. The molecule has 0 bridgehead atoms. The van der Waals surface area contributed by atoms with E-state index in [1.165, 1.54) is 0 Å². The second-order valence-corrected chi connectivity index (χ2v) is 2.97. The third-order valence-corrected chi connectivity index (χ3v) is 2.09. The van der Waals surface area contributed by atoms with Crippen LogP contribution in [0.15, 0.2) is 30.3 Å². The summed E-state index contributed by atoms with van der Waals surface area (Å²) in [4.78, 5) is 4.18. The first-order valence-electron chi connectivity index (χ1n) is 4.32. The molecule has 1 N–H and O–H groups in total. The van der Waals surface area contributed by atoms with E-state index in [1.807, 2.05) is 37.4 Å². The maximum atomic E-state index is 8.67. The number of hydrogen-bond acceptors (Lipinski definition) is 3. The minimum absolute atomic E-state index is 0.453. The molecule has 0 spiro atoms. The van der Waals surface area contributed by atoms with Gasteiger partial charge >= 0.3 is 0 Å². The number of rotatable bonds is 1.